The van der Waals surface area contributed by atoms with Crippen molar-refractivity contribution in [3.8, 4) is 5.75 Å². The molecule has 0 radical (unpaired) electrons. The number of carboxylic acids is 1. The number of esters is 1. The summed E-state index contributed by atoms with van der Waals surface area (Å²) in [5, 5.41) is 27.1. The van der Waals surface area contributed by atoms with Gasteiger partial charge in [-0.2, -0.15) is 9.49 Å². The van der Waals surface area contributed by atoms with Gasteiger partial charge in [-0.1, -0.05) is 35.9 Å². The lowest BCUT2D eigenvalue weighted by Gasteiger charge is -2.23. The molecule has 2 aromatic carbocycles. The molecule has 1 amide bonds. The van der Waals surface area contributed by atoms with Crippen molar-refractivity contribution in [3.63, 3.8) is 0 Å². The Labute approximate surface area is 251 Å². The van der Waals surface area contributed by atoms with Crippen LogP contribution in [0, 0.1) is 18.6 Å². The minimum atomic E-state index is -1.99. The molecule has 2 atom stereocenters. The number of aromatic carboxylic acids is 1. The van der Waals surface area contributed by atoms with Gasteiger partial charge < -0.3 is 33.8 Å². The summed E-state index contributed by atoms with van der Waals surface area (Å²) in [5.74, 6) is -7.76. The number of nitrogens with zero attached hydrogens (tertiary/aromatic N) is 2. The Bertz CT molecular complexity index is 1770. The van der Waals surface area contributed by atoms with E-state index in [-0.39, 0.29) is 34.3 Å². The number of nitrogens with one attached hydrogen (secondary N) is 1. The van der Waals surface area contributed by atoms with Crippen LogP contribution in [0.25, 0.3) is 0 Å². The van der Waals surface area contributed by atoms with Gasteiger partial charge in [0.25, 0.3) is 5.91 Å². The first-order valence-corrected chi connectivity index (χ1v) is 13.1. The predicted molar refractivity (Wildman–Crippen MR) is 145 cm³/mol. The van der Waals surface area contributed by atoms with Gasteiger partial charge in [0, 0.05) is 16.7 Å². The minimum absolute atomic E-state index is 0.0558. The highest BCUT2D eigenvalue weighted by Gasteiger charge is 2.32. The maximum Gasteiger partial charge on any atom is 0.519 e. The van der Waals surface area contributed by atoms with Crippen molar-refractivity contribution in [2.45, 2.75) is 38.6 Å². The van der Waals surface area contributed by atoms with Gasteiger partial charge in [0.1, 0.15) is 5.69 Å². The highest BCUT2D eigenvalue weighted by atomic mass is 35.5. The number of aliphatic hydroxyl groups is 1. The van der Waals surface area contributed by atoms with Gasteiger partial charge in [-0.25, -0.2) is 18.8 Å². The van der Waals surface area contributed by atoms with E-state index in [2.05, 4.69) is 10.4 Å². The molecular formula is C28H24ClF2N3O10. The number of carboxylic acid groups (broad SMARTS) is 1. The number of carbonyl (C=O) groups is 3. The molecule has 0 aliphatic heterocycles. The standard InChI is InChI=1S/C28H24ClF2N3O10/c1-13-21(44-28(40)43-13)12-42-27(39)24(35)17(9-14-5-3-4-6-16(14)29)32-25(36)18-10-19(26(37)38)34(33-18)11-15-7-8-20(41-2)23(31)22(15)30/h3-8,10,17,24,35H,9,11-12H2,1-2H3,(H,32,36)(H,37,38)/t17-,24-/m1/s1. The molecule has 4 rings (SSSR count). The number of aromatic nitrogens is 2. The molecule has 0 aliphatic rings. The van der Waals surface area contributed by atoms with Crippen LogP contribution in [0.15, 0.2) is 56.1 Å². The molecule has 0 bridgehead atoms. The topological polar surface area (TPSA) is 183 Å². The lowest BCUT2D eigenvalue weighted by molar-refractivity contribution is -0.156. The zero-order chi connectivity index (χ0) is 32.1. The van der Waals surface area contributed by atoms with E-state index in [9.17, 15) is 38.2 Å². The summed E-state index contributed by atoms with van der Waals surface area (Å²) in [5.41, 5.74) is -0.862. The number of aliphatic hydroxyl groups excluding tert-OH is 1. The second-order valence-electron chi connectivity index (χ2n) is 9.29. The van der Waals surface area contributed by atoms with E-state index < -0.39 is 72.0 Å². The molecule has 44 heavy (non-hydrogen) atoms. The number of carbonyl (C=O) groups excluding carboxylic acids is 2. The van der Waals surface area contributed by atoms with Crippen LogP contribution in [0.4, 0.5) is 8.78 Å². The number of aryl methyl sites for hydroxylation is 1. The summed E-state index contributed by atoms with van der Waals surface area (Å²) in [7, 11) is 1.15. The number of ether oxygens (including phenoxy) is 2. The highest BCUT2D eigenvalue weighted by molar-refractivity contribution is 6.31. The number of methoxy groups -OCH3 is 1. The summed E-state index contributed by atoms with van der Waals surface area (Å²) < 4.78 is 48.8. The smallest absolute Gasteiger partial charge is 0.494 e. The van der Waals surface area contributed by atoms with Crippen LogP contribution in [0.1, 0.15) is 43.6 Å². The summed E-state index contributed by atoms with van der Waals surface area (Å²) in [6.45, 7) is 0.271. The van der Waals surface area contributed by atoms with Crippen molar-refractivity contribution >= 4 is 29.4 Å². The molecule has 232 valence electrons. The van der Waals surface area contributed by atoms with Crippen LogP contribution >= 0.6 is 11.6 Å². The number of benzene rings is 2. The van der Waals surface area contributed by atoms with Gasteiger partial charge in [-0.3, -0.25) is 9.48 Å². The van der Waals surface area contributed by atoms with Crippen LogP contribution in [0.5, 0.6) is 5.75 Å². The Kier molecular flexibility index (Phi) is 9.80. The van der Waals surface area contributed by atoms with Crippen LogP contribution < -0.4 is 15.9 Å². The largest absolute Gasteiger partial charge is 0.519 e. The summed E-state index contributed by atoms with van der Waals surface area (Å²) >= 11 is 6.24. The quantitative estimate of drug-likeness (QED) is 0.195. The van der Waals surface area contributed by atoms with Gasteiger partial charge in [-0.05, 0) is 31.0 Å². The van der Waals surface area contributed by atoms with E-state index in [0.717, 1.165) is 23.9 Å². The molecule has 3 N–H and O–H groups in total. The number of hydrogen-bond donors (Lipinski definition) is 3. The Hall–Kier alpha value is -5.02. The molecule has 0 fully saturated rings. The van der Waals surface area contributed by atoms with Crippen LogP contribution in [0.2, 0.25) is 5.02 Å². The van der Waals surface area contributed by atoms with Crippen molar-refractivity contribution in [1.82, 2.24) is 15.1 Å². The minimum Gasteiger partial charge on any atom is -0.494 e. The fourth-order valence-electron chi connectivity index (χ4n) is 4.11. The van der Waals surface area contributed by atoms with Gasteiger partial charge in [0.2, 0.25) is 5.82 Å². The molecule has 0 saturated carbocycles. The molecule has 16 heteroatoms. The average Bonchev–Trinajstić information content (AvgIpc) is 3.56. The Balaban J connectivity index is 1.58. The molecule has 2 heterocycles. The normalized spacial score (nSPS) is 12.4. The van der Waals surface area contributed by atoms with Crippen LogP contribution in [0.3, 0.4) is 0 Å². The zero-order valence-electron chi connectivity index (χ0n) is 23.0. The van der Waals surface area contributed by atoms with Gasteiger partial charge in [0.05, 0.1) is 19.7 Å². The lowest BCUT2D eigenvalue weighted by Crippen LogP contribution is -2.49. The molecule has 0 saturated heterocycles. The second kappa shape index (κ2) is 13.5. The van der Waals surface area contributed by atoms with Crippen molar-refractivity contribution in [2.75, 3.05) is 7.11 Å². The Morgan fingerprint density at radius 3 is 2.48 bits per heavy atom. The number of hydrogen-bond acceptors (Lipinski definition) is 10. The molecule has 13 nitrogen and oxygen atoms in total. The third-order valence-electron chi connectivity index (χ3n) is 6.42. The fourth-order valence-corrected chi connectivity index (χ4v) is 4.32. The highest BCUT2D eigenvalue weighted by Crippen LogP contribution is 2.24. The maximum absolute atomic E-state index is 14.6. The molecule has 0 aliphatic carbocycles. The van der Waals surface area contributed by atoms with Crippen molar-refractivity contribution in [2.24, 2.45) is 0 Å². The third kappa shape index (κ3) is 7.12. The van der Waals surface area contributed by atoms with E-state index in [1.54, 1.807) is 24.3 Å². The molecule has 0 spiro atoms. The lowest BCUT2D eigenvalue weighted by atomic mass is 10.0. The SMILES string of the molecule is COc1ccc(Cn2nc(C(=O)N[C@H](Cc3ccccc3Cl)[C@@H](O)C(=O)OCc3oc(=O)oc3C)cc2C(=O)O)c(F)c1F. The Morgan fingerprint density at radius 2 is 1.84 bits per heavy atom. The monoisotopic (exact) mass is 635 g/mol. The predicted octanol–water partition coefficient (Wildman–Crippen LogP) is 2.87. The van der Waals surface area contributed by atoms with Crippen molar-refractivity contribution < 1.29 is 51.7 Å². The first-order valence-electron chi connectivity index (χ1n) is 12.7. The van der Waals surface area contributed by atoms with E-state index in [1.165, 1.54) is 13.0 Å². The summed E-state index contributed by atoms with van der Waals surface area (Å²) in [6, 6.07) is 8.22. The third-order valence-corrected chi connectivity index (χ3v) is 6.79. The average molecular weight is 636 g/mol. The zero-order valence-corrected chi connectivity index (χ0v) is 23.8. The van der Waals surface area contributed by atoms with Gasteiger partial charge in [0.15, 0.2) is 41.5 Å². The fraction of sp³-hybridized carbons (Fsp3) is 0.250. The van der Waals surface area contributed by atoms with Crippen LogP contribution in [-0.2, 0) is 29.1 Å². The molecular weight excluding hydrogens is 612 g/mol. The van der Waals surface area contributed by atoms with Gasteiger partial charge >= 0.3 is 17.8 Å². The van der Waals surface area contributed by atoms with E-state index in [4.69, 9.17) is 29.9 Å². The number of amides is 1. The Morgan fingerprint density at radius 1 is 1.11 bits per heavy atom. The molecule has 0 unspecified atom stereocenters. The first-order chi connectivity index (χ1) is 20.9. The number of halogens is 3. The number of rotatable bonds is 12. The van der Waals surface area contributed by atoms with E-state index in [0.29, 0.717) is 5.56 Å². The summed E-state index contributed by atoms with van der Waals surface area (Å²) in [4.78, 5) is 49.1. The van der Waals surface area contributed by atoms with Crippen molar-refractivity contribution in [3.05, 3.63) is 104 Å². The molecule has 2 aromatic heterocycles. The second-order valence-corrected chi connectivity index (χ2v) is 9.70. The van der Waals surface area contributed by atoms with E-state index >= 15 is 0 Å². The maximum atomic E-state index is 14.6. The van der Waals surface area contributed by atoms with Crippen LogP contribution in [-0.4, -0.2) is 57.1 Å². The summed E-state index contributed by atoms with van der Waals surface area (Å²) in [6.07, 6.45) is -2.18. The van der Waals surface area contributed by atoms with Crippen molar-refractivity contribution in [1.29, 1.82) is 0 Å². The van der Waals surface area contributed by atoms with E-state index in [1.807, 2.05) is 0 Å². The van der Waals surface area contributed by atoms with Gasteiger partial charge in [-0.15, -0.1) is 0 Å². The first kappa shape index (κ1) is 31.9. The molecule has 4 aromatic rings.